The van der Waals surface area contributed by atoms with Crippen molar-refractivity contribution in [2.45, 2.75) is 6.92 Å². The van der Waals surface area contributed by atoms with E-state index < -0.39 is 0 Å². The van der Waals surface area contributed by atoms with E-state index in [0.29, 0.717) is 24.9 Å². The summed E-state index contributed by atoms with van der Waals surface area (Å²) >= 11 is 0. The average molecular weight is 218 g/mol. The van der Waals surface area contributed by atoms with E-state index >= 15 is 0 Å². The number of hydrogen-bond donors (Lipinski definition) is 0. The fourth-order valence-electron chi connectivity index (χ4n) is 1.59. The second-order valence-corrected chi connectivity index (χ2v) is 3.51. The van der Waals surface area contributed by atoms with Crippen molar-refractivity contribution in [3.63, 3.8) is 0 Å². The number of fused-ring (bicyclic) bond motifs is 1. The van der Waals surface area contributed by atoms with Gasteiger partial charge < -0.3 is 14.0 Å². The highest BCUT2D eigenvalue weighted by Gasteiger charge is 2.14. The molecule has 2 heterocycles. The highest BCUT2D eigenvalue weighted by atomic mass is 16.6. The summed E-state index contributed by atoms with van der Waals surface area (Å²) in [6.07, 6.45) is 0. The van der Waals surface area contributed by atoms with E-state index in [1.807, 2.05) is 18.2 Å². The summed E-state index contributed by atoms with van der Waals surface area (Å²) < 4.78 is 16.0. The molecule has 1 aliphatic heterocycles. The van der Waals surface area contributed by atoms with Crippen molar-refractivity contribution in [1.82, 2.24) is 10.1 Å². The zero-order valence-corrected chi connectivity index (χ0v) is 8.77. The van der Waals surface area contributed by atoms with Gasteiger partial charge in [-0.2, -0.15) is 4.98 Å². The first-order valence-corrected chi connectivity index (χ1v) is 5.03. The van der Waals surface area contributed by atoms with Crippen LogP contribution in [0.2, 0.25) is 0 Å². The van der Waals surface area contributed by atoms with Gasteiger partial charge >= 0.3 is 0 Å². The minimum atomic E-state index is 0.495. The second-order valence-electron chi connectivity index (χ2n) is 3.51. The van der Waals surface area contributed by atoms with Gasteiger partial charge in [0.05, 0.1) is 0 Å². The van der Waals surface area contributed by atoms with E-state index in [-0.39, 0.29) is 0 Å². The molecule has 0 N–H and O–H groups in total. The van der Waals surface area contributed by atoms with Crippen LogP contribution in [-0.4, -0.2) is 23.4 Å². The summed E-state index contributed by atoms with van der Waals surface area (Å²) in [5.41, 5.74) is 0.838. The van der Waals surface area contributed by atoms with E-state index in [9.17, 15) is 0 Å². The van der Waals surface area contributed by atoms with Crippen molar-refractivity contribution >= 4 is 0 Å². The van der Waals surface area contributed by atoms with Gasteiger partial charge in [-0.25, -0.2) is 0 Å². The van der Waals surface area contributed by atoms with Crippen molar-refractivity contribution in [3.05, 3.63) is 24.0 Å². The summed E-state index contributed by atoms with van der Waals surface area (Å²) in [6.45, 7) is 2.94. The number of ether oxygens (including phenoxy) is 2. The molecule has 5 nitrogen and oxygen atoms in total. The highest BCUT2D eigenvalue weighted by Crippen LogP contribution is 2.33. The Balaban J connectivity index is 2.02. The summed E-state index contributed by atoms with van der Waals surface area (Å²) in [6, 6.07) is 5.57. The third-order valence-electron chi connectivity index (χ3n) is 2.32. The molecule has 1 aliphatic rings. The SMILES string of the molecule is Cc1noc(-c2ccc3c(c2)OCCO3)n1. The summed E-state index contributed by atoms with van der Waals surface area (Å²) in [4.78, 5) is 4.16. The van der Waals surface area contributed by atoms with E-state index in [0.717, 1.165) is 17.1 Å². The Bertz CT molecular complexity index is 522. The van der Waals surface area contributed by atoms with E-state index in [1.54, 1.807) is 6.92 Å². The Morgan fingerprint density at radius 3 is 2.69 bits per heavy atom. The molecule has 0 saturated carbocycles. The number of aryl methyl sites for hydroxylation is 1. The molecule has 0 amide bonds. The zero-order valence-electron chi connectivity index (χ0n) is 8.77. The van der Waals surface area contributed by atoms with Crippen LogP contribution in [0, 0.1) is 6.92 Å². The number of nitrogens with zero attached hydrogens (tertiary/aromatic N) is 2. The molecule has 2 aromatic rings. The van der Waals surface area contributed by atoms with E-state index in [2.05, 4.69) is 10.1 Å². The maximum Gasteiger partial charge on any atom is 0.258 e. The maximum absolute atomic E-state index is 5.48. The van der Waals surface area contributed by atoms with Crippen molar-refractivity contribution in [2.75, 3.05) is 13.2 Å². The quantitative estimate of drug-likeness (QED) is 0.730. The fraction of sp³-hybridized carbons (Fsp3) is 0.273. The lowest BCUT2D eigenvalue weighted by Crippen LogP contribution is -2.15. The molecule has 0 saturated heterocycles. The summed E-state index contributed by atoms with van der Waals surface area (Å²) in [5.74, 6) is 2.59. The van der Waals surface area contributed by atoms with Gasteiger partial charge in [0, 0.05) is 5.56 Å². The molecule has 0 bridgehead atoms. The first kappa shape index (κ1) is 9.21. The number of aromatic nitrogens is 2. The maximum atomic E-state index is 5.48. The van der Waals surface area contributed by atoms with Crippen LogP contribution in [0.4, 0.5) is 0 Å². The Hall–Kier alpha value is -2.04. The van der Waals surface area contributed by atoms with Crippen LogP contribution in [-0.2, 0) is 0 Å². The Morgan fingerprint density at radius 2 is 1.94 bits per heavy atom. The third-order valence-corrected chi connectivity index (χ3v) is 2.32. The second kappa shape index (κ2) is 3.52. The predicted molar refractivity (Wildman–Crippen MR) is 55.5 cm³/mol. The van der Waals surface area contributed by atoms with Crippen LogP contribution in [0.15, 0.2) is 22.7 Å². The first-order valence-electron chi connectivity index (χ1n) is 5.03. The van der Waals surface area contributed by atoms with Crippen LogP contribution in [0.3, 0.4) is 0 Å². The molecule has 3 rings (SSSR count). The molecular weight excluding hydrogens is 208 g/mol. The molecule has 0 atom stereocenters. The number of hydrogen-bond acceptors (Lipinski definition) is 5. The standard InChI is InChI=1S/C11H10N2O3/c1-7-12-11(16-13-7)8-2-3-9-10(6-8)15-5-4-14-9/h2-3,6H,4-5H2,1H3. The van der Waals surface area contributed by atoms with E-state index in [4.69, 9.17) is 14.0 Å². The summed E-state index contributed by atoms with van der Waals surface area (Å²) in [5, 5.41) is 3.75. The van der Waals surface area contributed by atoms with Crippen LogP contribution in [0.1, 0.15) is 5.82 Å². The Labute approximate surface area is 92.0 Å². The Morgan fingerprint density at radius 1 is 1.12 bits per heavy atom. The summed E-state index contributed by atoms with van der Waals surface area (Å²) in [7, 11) is 0. The normalized spacial score (nSPS) is 13.8. The van der Waals surface area contributed by atoms with Gasteiger partial charge in [-0.05, 0) is 25.1 Å². The molecule has 0 aliphatic carbocycles. The highest BCUT2D eigenvalue weighted by molar-refractivity contribution is 5.59. The Kier molecular flexibility index (Phi) is 2.02. The number of benzene rings is 1. The molecule has 0 unspecified atom stereocenters. The van der Waals surface area contributed by atoms with Gasteiger partial charge in [-0.1, -0.05) is 5.16 Å². The van der Waals surface area contributed by atoms with Gasteiger partial charge in [-0.3, -0.25) is 0 Å². The van der Waals surface area contributed by atoms with Crippen molar-refractivity contribution < 1.29 is 14.0 Å². The molecule has 1 aromatic heterocycles. The van der Waals surface area contributed by atoms with Crippen LogP contribution >= 0.6 is 0 Å². The molecule has 5 heteroatoms. The van der Waals surface area contributed by atoms with Gasteiger partial charge in [0.2, 0.25) is 0 Å². The lowest BCUT2D eigenvalue weighted by Gasteiger charge is -2.18. The van der Waals surface area contributed by atoms with Gasteiger partial charge in [0.1, 0.15) is 13.2 Å². The lowest BCUT2D eigenvalue weighted by atomic mass is 10.2. The lowest BCUT2D eigenvalue weighted by molar-refractivity contribution is 0.171. The first-order chi connectivity index (χ1) is 7.83. The smallest absolute Gasteiger partial charge is 0.258 e. The van der Waals surface area contributed by atoms with Crippen molar-refractivity contribution in [2.24, 2.45) is 0 Å². The molecule has 82 valence electrons. The third kappa shape index (κ3) is 1.50. The monoisotopic (exact) mass is 218 g/mol. The number of rotatable bonds is 1. The van der Waals surface area contributed by atoms with Crippen molar-refractivity contribution in [1.29, 1.82) is 0 Å². The minimum Gasteiger partial charge on any atom is -0.486 e. The predicted octanol–water partition coefficient (Wildman–Crippen LogP) is 1.82. The molecule has 0 fully saturated rings. The minimum absolute atomic E-state index is 0.495. The van der Waals surface area contributed by atoms with Crippen LogP contribution in [0.5, 0.6) is 11.5 Å². The van der Waals surface area contributed by atoms with Gasteiger partial charge in [0.15, 0.2) is 17.3 Å². The van der Waals surface area contributed by atoms with Crippen LogP contribution < -0.4 is 9.47 Å². The average Bonchev–Trinajstić information content (AvgIpc) is 2.75. The van der Waals surface area contributed by atoms with Gasteiger partial charge in [-0.15, -0.1) is 0 Å². The fourth-order valence-corrected chi connectivity index (χ4v) is 1.59. The largest absolute Gasteiger partial charge is 0.486 e. The molecular formula is C11H10N2O3. The van der Waals surface area contributed by atoms with Crippen LogP contribution in [0.25, 0.3) is 11.5 Å². The molecule has 1 aromatic carbocycles. The molecule has 16 heavy (non-hydrogen) atoms. The zero-order chi connectivity index (χ0) is 11.0. The molecule has 0 spiro atoms. The van der Waals surface area contributed by atoms with Crippen molar-refractivity contribution in [3.8, 4) is 23.0 Å². The van der Waals surface area contributed by atoms with Gasteiger partial charge in [0.25, 0.3) is 5.89 Å². The topological polar surface area (TPSA) is 57.4 Å². The molecule has 0 radical (unpaired) electrons. The van der Waals surface area contributed by atoms with E-state index in [1.165, 1.54) is 0 Å².